The summed E-state index contributed by atoms with van der Waals surface area (Å²) < 4.78 is 5.40. The van der Waals surface area contributed by atoms with E-state index in [0.717, 1.165) is 16.0 Å². The highest BCUT2D eigenvalue weighted by Crippen LogP contribution is 2.33. The molecule has 2 aromatic heterocycles. The Morgan fingerprint density at radius 1 is 1.11 bits per heavy atom. The molecule has 0 radical (unpaired) electrons. The predicted octanol–water partition coefficient (Wildman–Crippen LogP) is 4.41. The smallest absolute Gasteiger partial charge is 0.251 e. The van der Waals surface area contributed by atoms with E-state index in [9.17, 15) is 9.59 Å². The Balaban J connectivity index is 1.72. The van der Waals surface area contributed by atoms with Crippen LogP contribution in [-0.4, -0.2) is 44.7 Å². The largest absolute Gasteiger partial charge is 0.497 e. The minimum atomic E-state index is -0.904. The van der Waals surface area contributed by atoms with Crippen molar-refractivity contribution in [1.82, 2.24) is 25.5 Å². The third kappa shape index (κ3) is 6.39. The molecule has 0 spiro atoms. The van der Waals surface area contributed by atoms with E-state index in [4.69, 9.17) is 4.74 Å². The zero-order chi connectivity index (χ0) is 26.6. The molecule has 192 valence electrons. The molecule has 0 bridgehead atoms. The van der Waals surface area contributed by atoms with Gasteiger partial charge in [-0.05, 0) is 56.5 Å². The van der Waals surface area contributed by atoms with E-state index in [1.807, 2.05) is 69.5 Å². The number of nitrogens with one attached hydrogen (secondary N) is 1. The summed E-state index contributed by atoms with van der Waals surface area (Å²) in [6.07, 6.45) is 0. The van der Waals surface area contributed by atoms with E-state index in [2.05, 4.69) is 20.7 Å². The SMILES string of the molecule is COc1cccc(N(C(=O)Cn2nnc(-c3ccc(C)cc3)n2)[C@@H](C(=O)NC(C)(C)C)c2cccs2)c1. The van der Waals surface area contributed by atoms with Gasteiger partial charge in [0.1, 0.15) is 18.3 Å². The molecule has 1 atom stereocenters. The third-order valence-electron chi connectivity index (χ3n) is 5.46. The molecule has 4 aromatic rings. The average molecular weight is 519 g/mol. The number of hydrogen-bond acceptors (Lipinski definition) is 7. The molecule has 4 rings (SSSR count). The van der Waals surface area contributed by atoms with Crippen LogP contribution < -0.4 is 15.0 Å². The highest BCUT2D eigenvalue weighted by molar-refractivity contribution is 7.10. The van der Waals surface area contributed by atoms with Crippen molar-refractivity contribution in [3.63, 3.8) is 0 Å². The number of rotatable bonds is 8. The zero-order valence-electron chi connectivity index (χ0n) is 21.5. The Hall–Kier alpha value is -4.05. The summed E-state index contributed by atoms with van der Waals surface area (Å²) in [6, 6.07) is 17.6. The summed E-state index contributed by atoms with van der Waals surface area (Å²) in [6.45, 7) is 7.50. The van der Waals surface area contributed by atoms with E-state index in [0.29, 0.717) is 17.3 Å². The Kier molecular flexibility index (Phi) is 7.68. The first kappa shape index (κ1) is 26.0. The molecule has 2 heterocycles. The highest BCUT2D eigenvalue weighted by Gasteiger charge is 2.35. The summed E-state index contributed by atoms with van der Waals surface area (Å²) in [5, 5.41) is 17.5. The van der Waals surface area contributed by atoms with Crippen LogP contribution in [0.15, 0.2) is 66.0 Å². The van der Waals surface area contributed by atoms with Crippen molar-refractivity contribution in [3.8, 4) is 17.1 Å². The number of carbonyl (C=O) groups excluding carboxylic acids is 2. The normalized spacial score (nSPS) is 12.1. The number of nitrogens with zero attached hydrogens (tertiary/aromatic N) is 5. The third-order valence-corrected chi connectivity index (χ3v) is 6.38. The van der Waals surface area contributed by atoms with Gasteiger partial charge in [0.2, 0.25) is 11.7 Å². The molecule has 0 unspecified atom stereocenters. The molecule has 0 saturated heterocycles. The number of ether oxygens (including phenoxy) is 1. The van der Waals surface area contributed by atoms with Gasteiger partial charge in [-0.1, -0.05) is 42.0 Å². The summed E-state index contributed by atoms with van der Waals surface area (Å²) in [7, 11) is 1.56. The second-order valence-corrected chi connectivity index (χ2v) is 10.6. The number of aromatic nitrogens is 4. The number of amides is 2. The van der Waals surface area contributed by atoms with Gasteiger partial charge in [0.05, 0.1) is 7.11 Å². The molecule has 0 saturated carbocycles. The molecule has 1 N–H and O–H groups in total. The number of benzene rings is 2. The second-order valence-electron chi connectivity index (χ2n) is 9.63. The Labute approximate surface area is 220 Å². The molecule has 0 aliphatic heterocycles. The average Bonchev–Trinajstić information content (AvgIpc) is 3.54. The van der Waals surface area contributed by atoms with E-state index in [1.165, 1.54) is 21.0 Å². The topological polar surface area (TPSA) is 102 Å². The lowest BCUT2D eigenvalue weighted by Crippen LogP contribution is -2.50. The van der Waals surface area contributed by atoms with Crippen LogP contribution in [0.25, 0.3) is 11.4 Å². The van der Waals surface area contributed by atoms with E-state index < -0.39 is 11.6 Å². The minimum Gasteiger partial charge on any atom is -0.497 e. The van der Waals surface area contributed by atoms with Crippen molar-refractivity contribution in [2.75, 3.05) is 12.0 Å². The second kappa shape index (κ2) is 10.9. The lowest BCUT2D eigenvalue weighted by atomic mass is 10.1. The Morgan fingerprint density at radius 2 is 1.86 bits per heavy atom. The van der Waals surface area contributed by atoms with Gasteiger partial charge in [-0.2, -0.15) is 4.80 Å². The lowest BCUT2D eigenvalue weighted by molar-refractivity contribution is -0.128. The molecule has 9 nitrogen and oxygen atoms in total. The van der Waals surface area contributed by atoms with Crippen LogP contribution in [0.3, 0.4) is 0 Å². The van der Waals surface area contributed by atoms with Crippen LogP contribution in [-0.2, 0) is 16.1 Å². The monoisotopic (exact) mass is 518 g/mol. The molecular formula is C27H30N6O3S. The van der Waals surface area contributed by atoms with Crippen LogP contribution in [0.4, 0.5) is 5.69 Å². The fraction of sp³-hybridized carbons (Fsp3) is 0.296. The van der Waals surface area contributed by atoms with Gasteiger partial charge in [-0.3, -0.25) is 14.5 Å². The van der Waals surface area contributed by atoms with Gasteiger partial charge < -0.3 is 10.1 Å². The van der Waals surface area contributed by atoms with Gasteiger partial charge >= 0.3 is 0 Å². The predicted molar refractivity (Wildman–Crippen MR) is 143 cm³/mol. The first-order chi connectivity index (χ1) is 17.6. The van der Waals surface area contributed by atoms with Crippen molar-refractivity contribution < 1.29 is 14.3 Å². The maximum Gasteiger partial charge on any atom is 0.251 e. The summed E-state index contributed by atoms with van der Waals surface area (Å²) in [5.74, 6) is 0.319. The quantitative estimate of drug-likeness (QED) is 0.371. The number of methoxy groups -OCH3 is 1. The zero-order valence-corrected chi connectivity index (χ0v) is 22.3. The van der Waals surface area contributed by atoms with Gasteiger partial charge in [0.25, 0.3) is 5.91 Å². The standard InChI is InChI=1S/C27H30N6O3S/c1-18-11-13-19(14-12-18)25-29-31-32(30-25)17-23(34)33(20-8-6-9-21(16-20)36-5)24(22-10-7-15-37-22)26(35)28-27(2,3)4/h6-16,24H,17H2,1-5H3,(H,28,35)/t24-/m1/s1. The van der Waals surface area contributed by atoms with Crippen LogP contribution in [0, 0.1) is 6.92 Å². The minimum absolute atomic E-state index is 0.208. The Morgan fingerprint density at radius 3 is 2.51 bits per heavy atom. The van der Waals surface area contributed by atoms with E-state index in [1.54, 1.807) is 31.4 Å². The van der Waals surface area contributed by atoms with Crippen LogP contribution in [0.2, 0.25) is 0 Å². The molecule has 2 amide bonds. The highest BCUT2D eigenvalue weighted by atomic mass is 32.1. The van der Waals surface area contributed by atoms with Crippen LogP contribution >= 0.6 is 11.3 Å². The first-order valence-corrected chi connectivity index (χ1v) is 12.7. The van der Waals surface area contributed by atoms with Crippen LogP contribution in [0.1, 0.15) is 37.3 Å². The molecule has 0 aliphatic carbocycles. The fourth-order valence-corrected chi connectivity index (χ4v) is 4.59. The number of anilines is 1. The lowest BCUT2D eigenvalue weighted by Gasteiger charge is -2.33. The number of tetrazole rings is 1. The number of thiophene rings is 1. The number of aryl methyl sites for hydroxylation is 1. The summed E-state index contributed by atoms with van der Waals surface area (Å²) >= 11 is 1.41. The van der Waals surface area contributed by atoms with E-state index >= 15 is 0 Å². The maximum atomic E-state index is 13.9. The first-order valence-electron chi connectivity index (χ1n) is 11.8. The van der Waals surface area contributed by atoms with Gasteiger partial charge in [-0.15, -0.1) is 21.5 Å². The molecule has 37 heavy (non-hydrogen) atoms. The summed E-state index contributed by atoms with van der Waals surface area (Å²) in [4.78, 5) is 31.0. The molecule has 0 fully saturated rings. The van der Waals surface area contributed by atoms with Crippen molar-refractivity contribution in [2.45, 2.75) is 45.8 Å². The van der Waals surface area contributed by atoms with Crippen molar-refractivity contribution in [3.05, 3.63) is 76.5 Å². The van der Waals surface area contributed by atoms with Crippen molar-refractivity contribution >= 4 is 28.8 Å². The molecule has 2 aromatic carbocycles. The van der Waals surface area contributed by atoms with E-state index in [-0.39, 0.29) is 18.4 Å². The van der Waals surface area contributed by atoms with Gasteiger partial charge in [0, 0.05) is 27.7 Å². The van der Waals surface area contributed by atoms with Gasteiger partial charge in [-0.25, -0.2) is 0 Å². The fourth-order valence-electron chi connectivity index (χ4n) is 3.78. The number of carbonyl (C=O) groups is 2. The molecule has 0 aliphatic rings. The van der Waals surface area contributed by atoms with Gasteiger partial charge in [0.15, 0.2) is 0 Å². The Bertz CT molecular complexity index is 1360. The maximum absolute atomic E-state index is 13.9. The van der Waals surface area contributed by atoms with Crippen molar-refractivity contribution in [1.29, 1.82) is 0 Å². The molecule has 10 heteroatoms. The summed E-state index contributed by atoms with van der Waals surface area (Å²) in [5.41, 5.74) is 1.94. The van der Waals surface area contributed by atoms with Crippen LogP contribution in [0.5, 0.6) is 5.75 Å². The van der Waals surface area contributed by atoms with Crippen molar-refractivity contribution in [2.24, 2.45) is 0 Å². The molecular weight excluding hydrogens is 488 g/mol. The number of hydrogen-bond donors (Lipinski definition) is 1.